The van der Waals surface area contributed by atoms with E-state index in [0.717, 1.165) is 22.3 Å². The van der Waals surface area contributed by atoms with Gasteiger partial charge in [0, 0.05) is 23.2 Å². The van der Waals surface area contributed by atoms with Crippen molar-refractivity contribution in [2.75, 3.05) is 18.0 Å². The van der Waals surface area contributed by atoms with Crippen LogP contribution < -0.4 is 16.4 Å². The lowest BCUT2D eigenvalue weighted by Crippen LogP contribution is -2.37. The van der Waals surface area contributed by atoms with Crippen LogP contribution in [0.5, 0.6) is 0 Å². The highest BCUT2D eigenvalue weighted by Gasteiger charge is 2.14. The van der Waals surface area contributed by atoms with Crippen LogP contribution in [0.1, 0.15) is 19.4 Å². The smallest absolute Gasteiger partial charge is 0.236 e. The number of nitrogens with zero attached hydrogens (tertiary/aromatic N) is 1. The van der Waals surface area contributed by atoms with Crippen molar-refractivity contribution < 1.29 is 4.79 Å². The Hall–Kier alpha value is -1.07. The lowest BCUT2D eigenvalue weighted by Gasteiger charge is -2.27. The van der Waals surface area contributed by atoms with E-state index in [1.54, 1.807) is 0 Å². The van der Waals surface area contributed by atoms with Gasteiger partial charge in [0.2, 0.25) is 5.91 Å². The van der Waals surface area contributed by atoms with Crippen LogP contribution in [0.3, 0.4) is 0 Å². The number of carbonyl (C=O) groups is 1. The van der Waals surface area contributed by atoms with Gasteiger partial charge in [0.1, 0.15) is 0 Å². The molecular weight excluding hydrogens is 294 g/mol. The van der Waals surface area contributed by atoms with Crippen molar-refractivity contribution >= 4 is 27.5 Å². The first kappa shape index (κ1) is 15.0. The fourth-order valence-electron chi connectivity index (χ4n) is 1.90. The Balaban J connectivity index is 3.06. The number of primary amides is 1. The molecule has 1 amide bonds. The van der Waals surface area contributed by atoms with Crippen molar-refractivity contribution in [3.63, 3.8) is 0 Å². The van der Waals surface area contributed by atoms with Crippen LogP contribution in [-0.4, -0.2) is 19.0 Å². The van der Waals surface area contributed by atoms with Gasteiger partial charge in [0.05, 0.1) is 6.54 Å². The Morgan fingerprint density at radius 3 is 2.61 bits per heavy atom. The standard InChI is InChI=1S/C13H20BrN3O/c1-9(2)7-17(8-13(16)18)12-4-3-11(14)5-10(12)6-15/h3-5,9H,6-8,15H2,1-2H3,(H2,16,18). The number of hydrogen-bond acceptors (Lipinski definition) is 3. The van der Waals surface area contributed by atoms with E-state index in [2.05, 4.69) is 29.8 Å². The largest absolute Gasteiger partial charge is 0.368 e. The van der Waals surface area contributed by atoms with E-state index < -0.39 is 0 Å². The molecule has 0 unspecified atom stereocenters. The van der Waals surface area contributed by atoms with Gasteiger partial charge in [-0.15, -0.1) is 0 Å². The average molecular weight is 314 g/mol. The maximum Gasteiger partial charge on any atom is 0.236 e. The Labute approximate surface area is 116 Å². The zero-order valence-corrected chi connectivity index (χ0v) is 12.4. The second kappa shape index (κ2) is 6.75. The molecule has 0 fully saturated rings. The molecule has 0 spiro atoms. The van der Waals surface area contributed by atoms with Crippen molar-refractivity contribution in [3.05, 3.63) is 28.2 Å². The maximum absolute atomic E-state index is 11.2. The van der Waals surface area contributed by atoms with Gasteiger partial charge >= 0.3 is 0 Å². The van der Waals surface area contributed by atoms with Crippen molar-refractivity contribution in [1.29, 1.82) is 0 Å². The highest BCUT2D eigenvalue weighted by Crippen LogP contribution is 2.25. The number of halogens is 1. The fraction of sp³-hybridized carbons (Fsp3) is 0.462. The Morgan fingerprint density at radius 2 is 2.11 bits per heavy atom. The molecule has 1 rings (SSSR count). The van der Waals surface area contributed by atoms with Gasteiger partial charge in [-0.3, -0.25) is 4.79 Å². The van der Waals surface area contributed by atoms with Crippen molar-refractivity contribution in [3.8, 4) is 0 Å². The molecule has 0 atom stereocenters. The third-order valence-electron chi connectivity index (χ3n) is 2.53. The van der Waals surface area contributed by atoms with Gasteiger partial charge in [-0.1, -0.05) is 29.8 Å². The molecule has 0 bridgehead atoms. The minimum absolute atomic E-state index is 0.215. The minimum atomic E-state index is -0.332. The van der Waals surface area contributed by atoms with Crippen LogP contribution in [0.25, 0.3) is 0 Å². The second-order valence-electron chi connectivity index (χ2n) is 4.72. The average Bonchev–Trinajstić information content (AvgIpc) is 2.26. The third kappa shape index (κ3) is 4.31. The normalized spacial score (nSPS) is 10.7. The maximum atomic E-state index is 11.2. The number of carbonyl (C=O) groups excluding carboxylic acids is 1. The number of anilines is 1. The molecule has 0 aliphatic rings. The molecule has 0 aliphatic carbocycles. The monoisotopic (exact) mass is 313 g/mol. The Morgan fingerprint density at radius 1 is 1.44 bits per heavy atom. The summed E-state index contributed by atoms with van der Waals surface area (Å²) in [7, 11) is 0. The summed E-state index contributed by atoms with van der Waals surface area (Å²) in [4.78, 5) is 13.2. The zero-order chi connectivity index (χ0) is 13.7. The van der Waals surface area contributed by atoms with Gasteiger partial charge in [-0.25, -0.2) is 0 Å². The molecule has 0 saturated carbocycles. The topological polar surface area (TPSA) is 72.3 Å². The quantitative estimate of drug-likeness (QED) is 0.842. The number of amides is 1. The van der Waals surface area contributed by atoms with Gasteiger partial charge in [-0.05, 0) is 29.7 Å². The second-order valence-corrected chi connectivity index (χ2v) is 5.63. The molecule has 0 aliphatic heterocycles. The van der Waals surface area contributed by atoms with Gasteiger partial charge in [-0.2, -0.15) is 0 Å². The lowest BCUT2D eigenvalue weighted by molar-refractivity contribution is -0.116. The fourth-order valence-corrected chi connectivity index (χ4v) is 2.31. The SMILES string of the molecule is CC(C)CN(CC(N)=O)c1ccc(Br)cc1CN. The van der Waals surface area contributed by atoms with Crippen LogP contribution in [0.2, 0.25) is 0 Å². The van der Waals surface area contributed by atoms with E-state index in [0.29, 0.717) is 12.5 Å². The molecule has 0 saturated heterocycles. The molecule has 0 radical (unpaired) electrons. The van der Waals surface area contributed by atoms with Crippen molar-refractivity contribution in [1.82, 2.24) is 0 Å². The van der Waals surface area contributed by atoms with E-state index in [1.807, 2.05) is 23.1 Å². The molecule has 18 heavy (non-hydrogen) atoms. The van der Waals surface area contributed by atoms with Crippen LogP contribution in [0, 0.1) is 5.92 Å². The first-order valence-corrected chi connectivity index (χ1v) is 6.75. The highest BCUT2D eigenvalue weighted by atomic mass is 79.9. The van der Waals surface area contributed by atoms with Crippen LogP contribution in [0.4, 0.5) is 5.69 Å². The molecule has 5 heteroatoms. The molecule has 1 aromatic carbocycles. The number of nitrogens with two attached hydrogens (primary N) is 2. The van der Waals surface area contributed by atoms with Crippen molar-refractivity contribution in [2.45, 2.75) is 20.4 Å². The zero-order valence-electron chi connectivity index (χ0n) is 10.8. The number of benzene rings is 1. The molecule has 0 heterocycles. The van der Waals surface area contributed by atoms with E-state index in [9.17, 15) is 4.79 Å². The summed E-state index contributed by atoms with van der Waals surface area (Å²) in [6, 6.07) is 5.89. The van der Waals surface area contributed by atoms with E-state index in [1.165, 1.54) is 0 Å². The predicted molar refractivity (Wildman–Crippen MR) is 78.3 cm³/mol. The molecule has 0 aromatic heterocycles. The predicted octanol–water partition coefficient (Wildman–Crippen LogP) is 1.86. The van der Waals surface area contributed by atoms with Crippen LogP contribution in [0.15, 0.2) is 22.7 Å². The van der Waals surface area contributed by atoms with E-state index in [4.69, 9.17) is 11.5 Å². The Kier molecular flexibility index (Phi) is 5.62. The van der Waals surface area contributed by atoms with Gasteiger partial charge in [0.15, 0.2) is 0 Å². The summed E-state index contributed by atoms with van der Waals surface area (Å²) in [6.07, 6.45) is 0. The number of hydrogen-bond donors (Lipinski definition) is 2. The molecule has 100 valence electrons. The first-order valence-electron chi connectivity index (χ1n) is 5.95. The summed E-state index contributed by atoms with van der Waals surface area (Å²) in [6.45, 7) is 5.64. The first-order chi connectivity index (χ1) is 8.43. The van der Waals surface area contributed by atoms with E-state index >= 15 is 0 Å². The Bertz CT molecular complexity index is 421. The lowest BCUT2D eigenvalue weighted by atomic mass is 10.1. The molecule has 1 aromatic rings. The third-order valence-corrected chi connectivity index (χ3v) is 3.03. The summed E-state index contributed by atoms with van der Waals surface area (Å²) >= 11 is 3.42. The molecular formula is C13H20BrN3O. The summed E-state index contributed by atoms with van der Waals surface area (Å²) in [5, 5.41) is 0. The highest BCUT2D eigenvalue weighted by molar-refractivity contribution is 9.10. The number of rotatable bonds is 6. The minimum Gasteiger partial charge on any atom is -0.368 e. The molecule has 4 N–H and O–H groups in total. The summed E-state index contributed by atoms with van der Waals surface area (Å²) in [5.74, 6) is 0.111. The van der Waals surface area contributed by atoms with Crippen molar-refractivity contribution in [2.24, 2.45) is 17.4 Å². The summed E-state index contributed by atoms with van der Waals surface area (Å²) < 4.78 is 0.982. The molecule has 4 nitrogen and oxygen atoms in total. The summed E-state index contributed by atoms with van der Waals surface area (Å²) in [5.41, 5.74) is 13.0. The van der Waals surface area contributed by atoms with Gasteiger partial charge in [0.25, 0.3) is 0 Å². The van der Waals surface area contributed by atoms with Crippen LogP contribution in [-0.2, 0) is 11.3 Å². The van der Waals surface area contributed by atoms with Crippen LogP contribution >= 0.6 is 15.9 Å². The van der Waals surface area contributed by atoms with Gasteiger partial charge < -0.3 is 16.4 Å². The van der Waals surface area contributed by atoms with E-state index in [-0.39, 0.29) is 12.5 Å².